The monoisotopic (exact) mass is 292 g/mol. The quantitative estimate of drug-likeness (QED) is 0.865. The number of carbonyl (C=O) groups excluding carboxylic acids is 1. The van der Waals surface area contributed by atoms with Crippen LogP contribution in [0.25, 0.3) is 0 Å². The second kappa shape index (κ2) is 6.53. The lowest BCUT2D eigenvalue weighted by molar-refractivity contribution is 0.0827. The fraction of sp³-hybridized carbons (Fsp3) is 0.562. The molecule has 1 saturated carbocycles. The van der Waals surface area contributed by atoms with Gasteiger partial charge in [0.1, 0.15) is 0 Å². The van der Waals surface area contributed by atoms with Crippen molar-refractivity contribution in [3.05, 3.63) is 23.8 Å². The third-order valence-electron chi connectivity index (χ3n) is 3.85. The van der Waals surface area contributed by atoms with Crippen LogP contribution in [-0.4, -0.2) is 30.2 Å². The van der Waals surface area contributed by atoms with Gasteiger partial charge in [0.25, 0.3) is 5.91 Å². The molecule has 4 heteroatoms. The van der Waals surface area contributed by atoms with E-state index in [-0.39, 0.29) is 5.91 Å². The van der Waals surface area contributed by atoms with Gasteiger partial charge in [0.05, 0.1) is 0 Å². The highest BCUT2D eigenvalue weighted by Gasteiger charge is 2.21. The number of nitrogens with zero attached hydrogens (tertiary/aromatic N) is 1. The third kappa shape index (κ3) is 3.69. The maximum absolute atomic E-state index is 12.0. The summed E-state index contributed by atoms with van der Waals surface area (Å²) in [7, 11) is 3.54. The zero-order valence-corrected chi connectivity index (χ0v) is 13.4. The van der Waals surface area contributed by atoms with Gasteiger partial charge in [-0.3, -0.25) is 4.79 Å². The predicted octanol–water partition coefficient (Wildman–Crippen LogP) is 3.64. The lowest BCUT2D eigenvalue weighted by atomic mass is 9.91. The van der Waals surface area contributed by atoms with Crippen molar-refractivity contribution < 1.29 is 4.79 Å². The highest BCUT2D eigenvalue weighted by atomic mass is 32.2. The van der Waals surface area contributed by atoms with Crippen LogP contribution < -0.4 is 5.73 Å². The van der Waals surface area contributed by atoms with Gasteiger partial charge < -0.3 is 10.6 Å². The Morgan fingerprint density at radius 1 is 1.35 bits per heavy atom. The molecule has 1 aliphatic rings. The fourth-order valence-corrected chi connectivity index (χ4v) is 4.16. The molecule has 0 bridgehead atoms. The topological polar surface area (TPSA) is 46.3 Å². The number of hydrogen-bond acceptors (Lipinski definition) is 3. The Labute approximate surface area is 125 Å². The average Bonchev–Trinajstić information content (AvgIpc) is 2.40. The standard InChI is InChI=1S/C16H24N2OS/c1-11-5-4-6-13(9-11)20-15-10-12(7-8-14(15)17)16(19)18(2)3/h7-8,10-11,13H,4-6,9,17H2,1-3H3. The Morgan fingerprint density at radius 3 is 2.75 bits per heavy atom. The summed E-state index contributed by atoms with van der Waals surface area (Å²) in [6.45, 7) is 2.32. The number of anilines is 1. The van der Waals surface area contributed by atoms with Crippen LogP contribution in [-0.2, 0) is 0 Å². The van der Waals surface area contributed by atoms with E-state index in [4.69, 9.17) is 5.73 Å². The van der Waals surface area contributed by atoms with Crippen molar-refractivity contribution >= 4 is 23.4 Å². The molecule has 1 aliphatic carbocycles. The molecule has 3 nitrogen and oxygen atoms in total. The summed E-state index contributed by atoms with van der Waals surface area (Å²) in [6.07, 6.45) is 5.14. The molecule has 0 aromatic heterocycles. The Morgan fingerprint density at radius 2 is 2.10 bits per heavy atom. The van der Waals surface area contributed by atoms with Crippen LogP contribution >= 0.6 is 11.8 Å². The summed E-state index contributed by atoms with van der Waals surface area (Å²) in [5.74, 6) is 0.831. The number of benzene rings is 1. The first-order valence-electron chi connectivity index (χ1n) is 7.25. The molecular weight excluding hydrogens is 268 g/mol. The van der Waals surface area contributed by atoms with Gasteiger partial charge in [-0.25, -0.2) is 0 Å². The third-order valence-corrected chi connectivity index (χ3v) is 5.22. The molecule has 0 saturated heterocycles. The normalized spacial score (nSPS) is 22.6. The van der Waals surface area contributed by atoms with E-state index in [2.05, 4.69) is 6.92 Å². The zero-order chi connectivity index (χ0) is 14.7. The van der Waals surface area contributed by atoms with Gasteiger partial charge in [0.15, 0.2) is 0 Å². The van der Waals surface area contributed by atoms with Gasteiger partial charge in [-0.2, -0.15) is 0 Å². The summed E-state index contributed by atoms with van der Waals surface area (Å²) < 4.78 is 0. The fourth-order valence-electron chi connectivity index (χ4n) is 2.69. The maximum Gasteiger partial charge on any atom is 0.253 e. The molecular formula is C16H24N2OS. The van der Waals surface area contributed by atoms with Crippen LogP contribution in [0.1, 0.15) is 43.0 Å². The molecule has 1 amide bonds. The van der Waals surface area contributed by atoms with Gasteiger partial charge in [0, 0.05) is 35.5 Å². The van der Waals surface area contributed by atoms with Crippen LogP contribution in [0.5, 0.6) is 0 Å². The number of carbonyl (C=O) groups is 1. The highest BCUT2D eigenvalue weighted by molar-refractivity contribution is 8.00. The van der Waals surface area contributed by atoms with Crippen LogP contribution in [0, 0.1) is 5.92 Å². The molecule has 1 fully saturated rings. The van der Waals surface area contributed by atoms with E-state index >= 15 is 0 Å². The summed E-state index contributed by atoms with van der Waals surface area (Å²) in [5, 5.41) is 0.630. The average molecular weight is 292 g/mol. The van der Waals surface area contributed by atoms with Gasteiger partial charge in [-0.1, -0.05) is 19.8 Å². The molecule has 1 aromatic rings. The largest absolute Gasteiger partial charge is 0.398 e. The van der Waals surface area contributed by atoms with Crippen molar-refractivity contribution in [2.45, 2.75) is 42.8 Å². The lowest BCUT2D eigenvalue weighted by Crippen LogP contribution is -2.21. The lowest BCUT2D eigenvalue weighted by Gasteiger charge is -2.26. The molecule has 110 valence electrons. The molecule has 2 rings (SSSR count). The van der Waals surface area contributed by atoms with Crippen LogP contribution in [0.3, 0.4) is 0 Å². The number of hydrogen-bond donors (Lipinski definition) is 1. The van der Waals surface area contributed by atoms with Crippen LogP contribution in [0.4, 0.5) is 5.69 Å². The van der Waals surface area contributed by atoms with E-state index in [0.29, 0.717) is 5.25 Å². The smallest absolute Gasteiger partial charge is 0.253 e. The molecule has 2 unspecified atom stereocenters. The predicted molar refractivity (Wildman–Crippen MR) is 86.1 cm³/mol. The number of amides is 1. The van der Waals surface area contributed by atoms with Gasteiger partial charge in [0.2, 0.25) is 0 Å². The van der Waals surface area contributed by atoms with E-state index in [1.54, 1.807) is 19.0 Å². The van der Waals surface area contributed by atoms with E-state index in [0.717, 1.165) is 22.1 Å². The molecule has 2 N–H and O–H groups in total. The number of thioether (sulfide) groups is 1. The Kier molecular flexibility index (Phi) is 4.97. The molecule has 20 heavy (non-hydrogen) atoms. The van der Waals surface area contributed by atoms with E-state index in [1.807, 2.05) is 30.0 Å². The first kappa shape index (κ1) is 15.2. The number of nitrogens with two attached hydrogens (primary N) is 1. The van der Waals surface area contributed by atoms with Gasteiger partial charge >= 0.3 is 0 Å². The van der Waals surface area contributed by atoms with Crippen molar-refractivity contribution in [3.63, 3.8) is 0 Å². The maximum atomic E-state index is 12.0. The molecule has 1 aromatic carbocycles. The minimum atomic E-state index is 0.0314. The Balaban J connectivity index is 2.14. The molecule has 0 heterocycles. The number of rotatable bonds is 3. The second-order valence-corrected chi connectivity index (χ2v) is 7.31. The van der Waals surface area contributed by atoms with Gasteiger partial charge in [-0.05, 0) is 37.0 Å². The molecule has 2 atom stereocenters. The van der Waals surface area contributed by atoms with Crippen molar-refractivity contribution in [1.82, 2.24) is 4.90 Å². The summed E-state index contributed by atoms with van der Waals surface area (Å²) >= 11 is 1.84. The zero-order valence-electron chi connectivity index (χ0n) is 12.6. The van der Waals surface area contributed by atoms with Crippen molar-refractivity contribution in [2.75, 3.05) is 19.8 Å². The Bertz CT molecular complexity index is 487. The number of nitrogen functional groups attached to an aromatic ring is 1. The molecule has 0 spiro atoms. The van der Waals surface area contributed by atoms with Gasteiger partial charge in [-0.15, -0.1) is 11.8 Å². The van der Waals surface area contributed by atoms with Crippen molar-refractivity contribution in [2.24, 2.45) is 5.92 Å². The van der Waals surface area contributed by atoms with E-state index in [9.17, 15) is 4.79 Å². The first-order chi connectivity index (χ1) is 9.47. The summed E-state index contributed by atoms with van der Waals surface area (Å²) in [5.41, 5.74) is 7.57. The minimum absolute atomic E-state index is 0.0314. The van der Waals surface area contributed by atoms with E-state index < -0.39 is 0 Å². The second-order valence-electron chi connectivity index (χ2n) is 5.96. The van der Waals surface area contributed by atoms with Crippen molar-refractivity contribution in [3.8, 4) is 0 Å². The summed E-state index contributed by atoms with van der Waals surface area (Å²) in [4.78, 5) is 14.7. The van der Waals surface area contributed by atoms with E-state index in [1.165, 1.54) is 25.7 Å². The SMILES string of the molecule is CC1CCCC(Sc2cc(C(=O)N(C)C)ccc2N)C1. The molecule has 0 radical (unpaired) electrons. The Hall–Kier alpha value is -1.16. The summed E-state index contributed by atoms with van der Waals surface area (Å²) in [6, 6.07) is 5.61. The molecule has 0 aliphatic heterocycles. The first-order valence-corrected chi connectivity index (χ1v) is 8.13. The minimum Gasteiger partial charge on any atom is -0.398 e. The van der Waals surface area contributed by atoms with Crippen LogP contribution in [0.2, 0.25) is 0 Å². The van der Waals surface area contributed by atoms with Crippen LogP contribution in [0.15, 0.2) is 23.1 Å². The highest BCUT2D eigenvalue weighted by Crippen LogP contribution is 2.38. The van der Waals surface area contributed by atoms with Crippen molar-refractivity contribution in [1.29, 1.82) is 0 Å².